The summed E-state index contributed by atoms with van der Waals surface area (Å²) >= 11 is 6.03. The maximum atomic E-state index is 12.4. The second-order valence-electron chi connectivity index (χ2n) is 5.70. The summed E-state index contributed by atoms with van der Waals surface area (Å²) in [4.78, 5) is 30.7. The molecule has 0 unspecified atom stereocenters. The third kappa shape index (κ3) is 3.94. The molecular formula is C18H17ClN4O3. The Balaban J connectivity index is 1.86. The Labute approximate surface area is 154 Å². The molecule has 3 aromatic rings. The van der Waals surface area contributed by atoms with E-state index in [-0.39, 0.29) is 11.6 Å². The number of nitrogens with zero attached hydrogens (tertiary/aromatic N) is 1. The van der Waals surface area contributed by atoms with Crippen LogP contribution < -0.4 is 16.2 Å². The maximum Gasteiger partial charge on any atom is 0.411 e. The quantitative estimate of drug-likeness (QED) is 0.644. The summed E-state index contributed by atoms with van der Waals surface area (Å²) in [6, 6.07) is 10.1. The fraction of sp³-hybridized carbons (Fsp3) is 0.167. The van der Waals surface area contributed by atoms with Crippen LogP contribution in [-0.2, 0) is 4.74 Å². The number of pyridine rings is 2. The van der Waals surface area contributed by atoms with E-state index in [0.29, 0.717) is 22.1 Å². The summed E-state index contributed by atoms with van der Waals surface area (Å²) in [6.45, 7) is 1.85. The number of rotatable bonds is 4. The summed E-state index contributed by atoms with van der Waals surface area (Å²) in [5.74, 6) is 0.511. The minimum absolute atomic E-state index is 0.191. The summed E-state index contributed by atoms with van der Waals surface area (Å²) in [5.41, 5.74) is 1.61. The van der Waals surface area contributed by atoms with Crippen LogP contribution in [0.4, 0.5) is 16.3 Å². The van der Waals surface area contributed by atoms with Crippen molar-refractivity contribution in [3.05, 3.63) is 63.5 Å². The van der Waals surface area contributed by atoms with E-state index in [9.17, 15) is 9.59 Å². The highest BCUT2D eigenvalue weighted by Crippen LogP contribution is 2.22. The van der Waals surface area contributed by atoms with Gasteiger partial charge >= 0.3 is 6.09 Å². The van der Waals surface area contributed by atoms with Gasteiger partial charge in [0.1, 0.15) is 5.82 Å². The monoisotopic (exact) mass is 372 g/mol. The highest BCUT2D eigenvalue weighted by atomic mass is 35.5. The van der Waals surface area contributed by atoms with E-state index >= 15 is 0 Å². The van der Waals surface area contributed by atoms with E-state index in [1.807, 2.05) is 6.92 Å². The average Bonchev–Trinajstić information content (AvgIpc) is 2.61. The van der Waals surface area contributed by atoms with Crippen molar-refractivity contribution in [2.24, 2.45) is 0 Å². The van der Waals surface area contributed by atoms with Gasteiger partial charge < -0.3 is 15.0 Å². The zero-order chi connectivity index (χ0) is 18.7. The van der Waals surface area contributed by atoms with Gasteiger partial charge in [-0.2, -0.15) is 0 Å². The first kappa shape index (κ1) is 17.8. The van der Waals surface area contributed by atoms with Gasteiger partial charge in [-0.15, -0.1) is 0 Å². The van der Waals surface area contributed by atoms with E-state index in [0.717, 1.165) is 10.9 Å². The van der Waals surface area contributed by atoms with Gasteiger partial charge in [0.15, 0.2) is 0 Å². The Bertz CT molecular complexity index is 1020. The van der Waals surface area contributed by atoms with Crippen molar-refractivity contribution >= 4 is 40.1 Å². The van der Waals surface area contributed by atoms with Crippen LogP contribution in [-0.4, -0.2) is 23.2 Å². The maximum absolute atomic E-state index is 12.4. The lowest BCUT2D eigenvalue weighted by molar-refractivity contribution is 0.187. The zero-order valence-electron chi connectivity index (χ0n) is 14.2. The largest absolute Gasteiger partial charge is 0.453 e. The van der Waals surface area contributed by atoms with Gasteiger partial charge in [0, 0.05) is 39.4 Å². The van der Waals surface area contributed by atoms with E-state index in [1.54, 1.807) is 42.6 Å². The van der Waals surface area contributed by atoms with Crippen LogP contribution in [0.25, 0.3) is 10.9 Å². The molecule has 2 heterocycles. The van der Waals surface area contributed by atoms with Crippen LogP contribution in [0.15, 0.2) is 47.4 Å². The van der Waals surface area contributed by atoms with Crippen molar-refractivity contribution in [3.8, 4) is 0 Å². The van der Waals surface area contributed by atoms with Crippen molar-refractivity contribution in [3.63, 3.8) is 0 Å². The fourth-order valence-electron chi connectivity index (χ4n) is 2.57. The Morgan fingerprint density at radius 1 is 1.27 bits per heavy atom. The molecule has 0 spiro atoms. The van der Waals surface area contributed by atoms with Crippen LogP contribution in [0, 0.1) is 0 Å². The van der Waals surface area contributed by atoms with Crippen molar-refractivity contribution in [2.45, 2.75) is 13.0 Å². The van der Waals surface area contributed by atoms with E-state index in [2.05, 4.69) is 25.3 Å². The zero-order valence-corrected chi connectivity index (χ0v) is 14.9. The third-order valence-corrected chi connectivity index (χ3v) is 4.09. The lowest BCUT2D eigenvalue weighted by atomic mass is 10.1. The summed E-state index contributed by atoms with van der Waals surface area (Å²) in [5, 5.41) is 7.16. The number of fused-ring (bicyclic) bond motifs is 1. The highest BCUT2D eigenvalue weighted by Gasteiger charge is 2.12. The number of aromatic nitrogens is 2. The second kappa shape index (κ2) is 7.45. The molecule has 0 fully saturated rings. The molecule has 2 aromatic heterocycles. The van der Waals surface area contributed by atoms with E-state index < -0.39 is 6.09 Å². The van der Waals surface area contributed by atoms with Crippen LogP contribution >= 0.6 is 11.6 Å². The SMILES string of the molecule is COC(=O)Nc1ccnc(N[C@@H](C)c2cc3cc(Cl)ccc3[nH]c2=O)c1. The number of nitrogens with one attached hydrogen (secondary N) is 3. The second-order valence-corrected chi connectivity index (χ2v) is 6.13. The van der Waals surface area contributed by atoms with Gasteiger partial charge in [0.25, 0.3) is 5.56 Å². The molecular weight excluding hydrogens is 356 g/mol. The molecule has 1 aromatic carbocycles. The fourth-order valence-corrected chi connectivity index (χ4v) is 2.75. The Kier molecular flexibility index (Phi) is 5.09. The number of hydrogen-bond donors (Lipinski definition) is 3. The number of carbonyl (C=O) groups is 1. The lowest BCUT2D eigenvalue weighted by Crippen LogP contribution is -2.20. The normalized spacial score (nSPS) is 11.8. The first-order chi connectivity index (χ1) is 12.5. The summed E-state index contributed by atoms with van der Waals surface area (Å²) in [6.07, 6.45) is 0.975. The molecule has 3 N–H and O–H groups in total. The molecule has 0 aliphatic heterocycles. The Morgan fingerprint density at radius 3 is 2.85 bits per heavy atom. The molecule has 0 bridgehead atoms. The minimum atomic E-state index is -0.571. The molecule has 3 rings (SSSR count). The van der Waals surface area contributed by atoms with Crippen LogP contribution in [0.5, 0.6) is 0 Å². The first-order valence-corrected chi connectivity index (χ1v) is 8.24. The summed E-state index contributed by atoms with van der Waals surface area (Å²) in [7, 11) is 1.29. The van der Waals surface area contributed by atoms with Gasteiger partial charge in [0.05, 0.1) is 13.2 Å². The third-order valence-electron chi connectivity index (χ3n) is 3.86. The van der Waals surface area contributed by atoms with Gasteiger partial charge in [-0.25, -0.2) is 9.78 Å². The van der Waals surface area contributed by atoms with Crippen LogP contribution in [0.1, 0.15) is 18.5 Å². The van der Waals surface area contributed by atoms with E-state index in [1.165, 1.54) is 7.11 Å². The number of anilines is 2. The molecule has 0 radical (unpaired) electrons. The molecule has 8 heteroatoms. The Hall–Kier alpha value is -3.06. The van der Waals surface area contributed by atoms with Crippen LogP contribution in [0.3, 0.4) is 0 Å². The van der Waals surface area contributed by atoms with Gasteiger partial charge in [0.2, 0.25) is 0 Å². The lowest BCUT2D eigenvalue weighted by Gasteiger charge is -2.15. The smallest absolute Gasteiger partial charge is 0.411 e. The number of hydrogen-bond acceptors (Lipinski definition) is 5. The molecule has 26 heavy (non-hydrogen) atoms. The number of aromatic amines is 1. The van der Waals surface area contributed by atoms with Crippen LogP contribution in [0.2, 0.25) is 5.02 Å². The molecule has 1 amide bonds. The average molecular weight is 373 g/mol. The minimum Gasteiger partial charge on any atom is -0.453 e. The molecule has 0 aliphatic carbocycles. The van der Waals surface area contributed by atoms with Crippen molar-refractivity contribution in [2.75, 3.05) is 17.7 Å². The number of carbonyl (C=O) groups excluding carboxylic acids is 1. The highest BCUT2D eigenvalue weighted by molar-refractivity contribution is 6.31. The van der Waals surface area contributed by atoms with Crippen molar-refractivity contribution in [1.29, 1.82) is 0 Å². The summed E-state index contributed by atoms with van der Waals surface area (Å²) < 4.78 is 4.56. The predicted octanol–water partition coefficient (Wildman–Crippen LogP) is 3.93. The predicted molar refractivity (Wildman–Crippen MR) is 102 cm³/mol. The molecule has 0 saturated carbocycles. The Morgan fingerprint density at radius 2 is 2.08 bits per heavy atom. The molecule has 0 aliphatic rings. The number of benzene rings is 1. The number of H-pyrrole nitrogens is 1. The topological polar surface area (TPSA) is 96.1 Å². The molecule has 1 atom stereocenters. The van der Waals surface area contributed by atoms with Crippen molar-refractivity contribution in [1.82, 2.24) is 9.97 Å². The molecule has 7 nitrogen and oxygen atoms in total. The van der Waals surface area contributed by atoms with Gasteiger partial charge in [-0.3, -0.25) is 10.1 Å². The number of halogens is 1. The molecule has 0 saturated heterocycles. The number of methoxy groups -OCH3 is 1. The first-order valence-electron chi connectivity index (χ1n) is 7.86. The molecule has 134 valence electrons. The number of amides is 1. The van der Waals surface area contributed by atoms with Gasteiger partial charge in [-0.1, -0.05) is 11.6 Å². The number of ether oxygens (including phenoxy) is 1. The van der Waals surface area contributed by atoms with Gasteiger partial charge in [-0.05, 0) is 37.3 Å². The van der Waals surface area contributed by atoms with Crippen molar-refractivity contribution < 1.29 is 9.53 Å². The van der Waals surface area contributed by atoms with E-state index in [4.69, 9.17) is 11.6 Å². The standard InChI is InChI=1S/C18H17ClN4O3/c1-10(21-16-9-13(5-6-20-16)22-18(25)26-2)14-8-11-7-12(19)3-4-15(11)23-17(14)24/h3-10H,1-2H3,(H,23,24)(H2,20,21,22,25)/t10-/m0/s1.